The maximum Gasteiger partial charge on any atom is 0.227 e. The second kappa shape index (κ2) is 8.15. The Morgan fingerprint density at radius 1 is 1.21 bits per heavy atom. The van der Waals surface area contributed by atoms with E-state index in [0.717, 1.165) is 41.1 Å². The summed E-state index contributed by atoms with van der Waals surface area (Å²) in [5, 5.41) is 4.04. The Bertz CT molecular complexity index is 1000. The van der Waals surface area contributed by atoms with Gasteiger partial charge < -0.3 is 9.42 Å². The van der Waals surface area contributed by atoms with Crippen LogP contribution in [0, 0.1) is 19.7 Å². The van der Waals surface area contributed by atoms with Crippen LogP contribution in [0.1, 0.15) is 41.5 Å². The van der Waals surface area contributed by atoms with E-state index in [1.165, 1.54) is 6.07 Å². The molecule has 0 spiro atoms. The van der Waals surface area contributed by atoms with E-state index >= 15 is 0 Å². The lowest BCUT2D eigenvalue weighted by atomic mass is 9.91. The maximum atomic E-state index is 13.8. The lowest BCUT2D eigenvalue weighted by Gasteiger charge is -2.32. The van der Waals surface area contributed by atoms with Gasteiger partial charge in [0.1, 0.15) is 11.6 Å². The molecule has 29 heavy (non-hydrogen) atoms. The van der Waals surface area contributed by atoms with Gasteiger partial charge in [0.25, 0.3) is 0 Å². The first-order valence-electron chi connectivity index (χ1n) is 9.93. The predicted molar refractivity (Wildman–Crippen MR) is 108 cm³/mol. The van der Waals surface area contributed by atoms with Gasteiger partial charge in [-0.2, -0.15) is 0 Å². The van der Waals surface area contributed by atoms with Crippen molar-refractivity contribution >= 4 is 5.91 Å². The summed E-state index contributed by atoms with van der Waals surface area (Å²) >= 11 is 0. The summed E-state index contributed by atoms with van der Waals surface area (Å²) in [4.78, 5) is 19.0. The number of halogens is 1. The first kappa shape index (κ1) is 19.3. The van der Waals surface area contributed by atoms with E-state index in [2.05, 4.69) is 16.2 Å². The van der Waals surface area contributed by atoms with Gasteiger partial charge in [-0.3, -0.25) is 9.78 Å². The number of pyridine rings is 1. The van der Waals surface area contributed by atoms with E-state index < -0.39 is 0 Å². The van der Waals surface area contributed by atoms with Crippen molar-refractivity contribution in [3.8, 4) is 11.1 Å². The van der Waals surface area contributed by atoms with Gasteiger partial charge in [-0.05, 0) is 56.0 Å². The zero-order valence-corrected chi connectivity index (χ0v) is 16.7. The number of piperidine rings is 1. The lowest BCUT2D eigenvalue weighted by molar-refractivity contribution is -0.131. The maximum absolute atomic E-state index is 13.8. The first-order chi connectivity index (χ1) is 14.0. The van der Waals surface area contributed by atoms with Crippen molar-refractivity contribution in [2.24, 2.45) is 0 Å². The van der Waals surface area contributed by atoms with Crippen LogP contribution in [0.2, 0.25) is 0 Å². The average molecular weight is 393 g/mol. The van der Waals surface area contributed by atoms with Crippen LogP contribution in [0.15, 0.2) is 47.1 Å². The Morgan fingerprint density at radius 3 is 2.66 bits per heavy atom. The summed E-state index contributed by atoms with van der Waals surface area (Å²) in [7, 11) is 0. The fraction of sp³-hybridized carbons (Fsp3) is 0.348. The number of benzene rings is 1. The largest absolute Gasteiger partial charge is 0.361 e. The average Bonchev–Trinajstić information content (AvgIpc) is 3.08. The van der Waals surface area contributed by atoms with E-state index in [0.29, 0.717) is 24.6 Å². The van der Waals surface area contributed by atoms with Gasteiger partial charge in [0.15, 0.2) is 0 Å². The summed E-state index contributed by atoms with van der Waals surface area (Å²) in [5.74, 6) is 0.753. The third kappa shape index (κ3) is 4.06. The topological polar surface area (TPSA) is 59.2 Å². The molecule has 1 aromatic carbocycles. The van der Waals surface area contributed by atoms with E-state index in [-0.39, 0.29) is 18.1 Å². The van der Waals surface area contributed by atoms with Crippen LogP contribution in [0.5, 0.6) is 0 Å². The van der Waals surface area contributed by atoms with Gasteiger partial charge in [-0.1, -0.05) is 23.4 Å². The molecule has 0 radical (unpaired) electrons. The highest BCUT2D eigenvalue weighted by molar-refractivity contribution is 5.79. The monoisotopic (exact) mass is 393 g/mol. The van der Waals surface area contributed by atoms with Crippen LogP contribution in [0.3, 0.4) is 0 Å². The Morgan fingerprint density at radius 2 is 1.97 bits per heavy atom. The van der Waals surface area contributed by atoms with Gasteiger partial charge in [0.05, 0.1) is 12.1 Å². The molecular weight excluding hydrogens is 369 g/mol. The van der Waals surface area contributed by atoms with Gasteiger partial charge in [0, 0.05) is 36.5 Å². The summed E-state index contributed by atoms with van der Waals surface area (Å²) in [6.45, 7) is 5.17. The molecule has 0 atom stereocenters. The number of amides is 1. The number of hydrogen-bond donors (Lipinski definition) is 0. The number of aromatic nitrogens is 2. The fourth-order valence-corrected chi connectivity index (χ4v) is 4.06. The first-order valence-corrected chi connectivity index (χ1v) is 9.93. The molecule has 2 aromatic heterocycles. The van der Waals surface area contributed by atoms with Crippen LogP contribution in [0.4, 0.5) is 4.39 Å². The zero-order valence-electron chi connectivity index (χ0n) is 16.7. The molecule has 0 unspecified atom stereocenters. The molecule has 6 heteroatoms. The van der Waals surface area contributed by atoms with Crippen molar-refractivity contribution in [3.63, 3.8) is 0 Å². The molecule has 1 aliphatic rings. The van der Waals surface area contributed by atoms with Gasteiger partial charge >= 0.3 is 0 Å². The minimum Gasteiger partial charge on any atom is -0.361 e. The normalized spacial score (nSPS) is 14.9. The van der Waals surface area contributed by atoms with Gasteiger partial charge in [-0.15, -0.1) is 0 Å². The Labute approximate surface area is 169 Å². The number of nitrogens with zero attached hydrogens (tertiary/aromatic N) is 3. The van der Waals surface area contributed by atoms with Crippen LogP contribution < -0.4 is 0 Å². The van der Waals surface area contributed by atoms with Crippen LogP contribution >= 0.6 is 0 Å². The van der Waals surface area contributed by atoms with E-state index in [1.807, 2.05) is 31.0 Å². The molecule has 0 N–H and O–H groups in total. The van der Waals surface area contributed by atoms with E-state index in [1.54, 1.807) is 18.2 Å². The predicted octanol–water partition coefficient (Wildman–Crippen LogP) is 4.44. The molecule has 1 fully saturated rings. The van der Waals surface area contributed by atoms with Crippen LogP contribution in [-0.4, -0.2) is 34.0 Å². The van der Waals surface area contributed by atoms with Crippen molar-refractivity contribution in [2.75, 3.05) is 13.1 Å². The van der Waals surface area contributed by atoms with Gasteiger partial charge in [-0.25, -0.2) is 4.39 Å². The summed E-state index contributed by atoms with van der Waals surface area (Å²) in [5.41, 5.74) is 4.43. The number of aryl methyl sites for hydroxylation is 2. The number of likely N-dealkylation sites (tertiary alicyclic amines) is 1. The highest BCUT2D eigenvalue weighted by atomic mass is 19.1. The lowest BCUT2D eigenvalue weighted by Crippen LogP contribution is -2.39. The molecule has 1 aliphatic heterocycles. The Kier molecular flexibility index (Phi) is 5.43. The molecule has 4 rings (SSSR count). The molecule has 0 aliphatic carbocycles. The number of hydrogen-bond acceptors (Lipinski definition) is 4. The summed E-state index contributed by atoms with van der Waals surface area (Å²) in [6.07, 6.45) is 3.63. The minimum absolute atomic E-state index is 0.0222. The molecule has 3 aromatic rings. The SMILES string of the molecule is Cc1noc(C)c1-c1ccnc(C2CCN(C(=O)Cc3ccccc3F)CC2)c1. The molecular formula is C23H24FN3O2. The molecule has 1 amide bonds. The second-order valence-electron chi connectivity index (χ2n) is 7.59. The van der Waals surface area contributed by atoms with Crippen molar-refractivity contribution in [1.29, 1.82) is 0 Å². The number of carbonyl (C=O) groups is 1. The molecule has 0 saturated carbocycles. The Hall–Kier alpha value is -3.02. The molecule has 5 nitrogen and oxygen atoms in total. The fourth-order valence-electron chi connectivity index (χ4n) is 4.06. The molecule has 1 saturated heterocycles. The van der Waals surface area contributed by atoms with Crippen molar-refractivity contribution in [1.82, 2.24) is 15.0 Å². The molecule has 0 bridgehead atoms. The van der Waals surface area contributed by atoms with E-state index in [4.69, 9.17) is 4.52 Å². The number of rotatable bonds is 4. The smallest absolute Gasteiger partial charge is 0.227 e. The standard InChI is InChI=1S/C23H24FN3O2/c1-15-23(16(2)29-26-15)19-7-10-25-21(13-19)17-8-11-27(12-9-17)22(28)14-18-5-3-4-6-20(18)24/h3-7,10,13,17H,8-9,11-12,14H2,1-2H3. The minimum atomic E-state index is -0.323. The highest BCUT2D eigenvalue weighted by Gasteiger charge is 2.25. The highest BCUT2D eigenvalue weighted by Crippen LogP contribution is 2.32. The second-order valence-corrected chi connectivity index (χ2v) is 7.59. The summed E-state index contributed by atoms with van der Waals surface area (Å²) < 4.78 is 19.1. The third-order valence-electron chi connectivity index (χ3n) is 5.67. The summed E-state index contributed by atoms with van der Waals surface area (Å²) in [6, 6.07) is 10.5. The quantitative estimate of drug-likeness (QED) is 0.657. The number of carbonyl (C=O) groups excluding carboxylic acids is 1. The van der Waals surface area contributed by atoms with E-state index in [9.17, 15) is 9.18 Å². The Balaban J connectivity index is 1.42. The molecule has 3 heterocycles. The third-order valence-corrected chi connectivity index (χ3v) is 5.67. The van der Waals surface area contributed by atoms with Crippen LogP contribution in [0.25, 0.3) is 11.1 Å². The van der Waals surface area contributed by atoms with Crippen molar-refractivity contribution in [2.45, 2.75) is 39.0 Å². The van der Waals surface area contributed by atoms with Crippen molar-refractivity contribution < 1.29 is 13.7 Å². The van der Waals surface area contributed by atoms with Gasteiger partial charge in [0.2, 0.25) is 5.91 Å². The zero-order chi connectivity index (χ0) is 20.4. The van der Waals surface area contributed by atoms with Crippen molar-refractivity contribution in [3.05, 3.63) is 71.1 Å². The molecule has 150 valence electrons. The van der Waals surface area contributed by atoms with Crippen LogP contribution in [-0.2, 0) is 11.2 Å².